The molecule has 0 aliphatic carbocycles. The zero-order valence-electron chi connectivity index (χ0n) is 10.1. The molecule has 0 radical (unpaired) electrons. The average molecular weight is 273 g/mol. The van der Waals surface area contributed by atoms with Gasteiger partial charge in [-0.05, 0) is 32.0 Å². The van der Waals surface area contributed by atoms with Gasteiger partial charge in [0.05, 0.1) is 5.75 Å². The van der Waals surface area contributed by atoms with Crippen LogP contribution in [0.3, 0.4) is 0 Å². The lowest BCUT2D eigenvalue weighted by molar-refractivity contribution is -0.127. The minimum Gasteiger partial charge on any atom is -0.398 e. The predicted octanol–water partition coefficient (Wildman–Crippen LogP) is 2.88. The van der Waals surface area contributed by atoms with Gasteiger partial charge in [-0.15, -0.1) is 11.8 Å². The van der Waals surface area contributed by atoms with Gasteiger partial charge in [0.15, 0.2) is 0 Å². The van der Waals surface area contributed by atoms with Crippen molar-refractivity contribution in [2.24, 2.45) is 0 Å². The van der Waals surface area contributed by atoms with E-state index < -0.39 is 0 Å². The number of anilines is 1. The maximum atomic E-state index is 11.8. The Morgan fingerprint density at radius 2 is 2.06 bits per heavy atom. The molecule has 0 aromatic heterocycles. The minimum atomic E-state index is 0.124. The molecule has 94 valence electrons. The topological polar surface area (TPSA) is 46.3 Å². The quantitative estimate of drug-likeness (QED) is 0.662. The molecular weight excluding hydrogens is 256 g/mol. The zero-order valence-corrected chi connectivity index (χ0v) is 11.6. The smallest absolute Gasteiger partial charge is 0.232 e. The van der Waals surface area contributed by atoms with Crippen LogP contribution in [0.1, 0.15) is 13.8 Å². The summed E-state index contributed by atoms with van der Waals surface area (Å²) in [5.41, 5.74) is 6.47. The molecule has 0 saturated heterocycles. The molecule has 0 atom stereocenters. The molecule has 0 heterocycles. The number of carbonyl (C=O) groups excluding carboxylic acids is 1. The molecule has 1 rings (SSSR count). The monoisotopic (exact) mass is 272 g/mol. The van der Waals surface area contributed by atoms with E-state index in [1.165, 1.54) is 11.8 Å². The number of amides is 1. The molecule has 3 nitrogen and oxygen atoms in total. The van der Waals surface area contributed by atoms with Gasteiger partial charge >= 0.3 is 0 Å². The van der Waals surface area contributed by atoms with Crippen LogP contribution >= 0.6 is 23.4 Å². The molecule has 0 bridgehead atoms. The van der Waals surface area contributed by atoms with Crippen LogP contribution in [0.5, 0.6) is 0 Å². The first-order valence-corrected chi connectivity index (χ1v) is 6.90. The lowest BCUT2D eigenvalue weighted by atomic mass is 10.3. The molecule has 0 saturated carbocycles. The van der Waals surface area contributed by atoms with Gasteiger partial charge in [0.25, 0.3) is 0 Å². The summed E-state index contributed by atoms with van der Waals surface area (Å²) < 4.78 is 0. The van der Waals surface area contributed by atoms with E-state index in [9.17, 15) is 4.79 Å². The summed E-state index contributed by atoms with van der Waals surface area (Å²) in [5.74, 6) is 0.519. The Morgan fingerprint density at radius 3 is 2.65 bits per heavy atom. The van der Waals surface area contributed by atoms with E-state index >= 15 is 0 Å². The fourth-order valence-corrected chi connectivity index (χ4v) is 2.58. The molecule has 0 aliphatic heterocycles. The van der Waals surface area contributed by atoms with Crippen LogP contribution in [0.25, 0.3) is 0 Å². The number of halogens is 1. The molecule has 0 fully saturated rings. The number of nitrogen functional groups attached to an aromatic ring is 1. The maximum absolute atomic E-state index is 11.8. The molecule has 1 aromatic rings. The zero-order chi connectivity index (χ0) is 12.8. The Hall–Kier alpha value is -0.870. The fraction of sp³-hybridized carbons (Fsp3) is 0.417. The highest BCUT2D eigenvalue weighted by Gasteiger charge is 2.11. The largest absolute Gasteiger partial charge is 0.398 e. The van der Waals surface area contributed by atoms with Crippen LogP contribution < -0.4 is 5.73 Å². The van der Waals surface area contributed by atoms with Crippen molar-refractivity contribution >= 4 is 35.0 Å². The van der Waals surface area contributed by atoms with Gasteiger partial charge in [-0.2, -0.15) is 0 Å². The fourth-order valence-electron chi connectivity index (χ4n) is 1.44. The van der Waals surface area contributed by atoms with Gasteiger partial charge in [0.2, 0.25) is 5.91 Å². The third kappa shape index (κ3) is 4.13. The van der Waals surface area contributed by atoms with Crippen LogP contribution in [0.2, 0.25) is 5.02 Å². The second-order valence-electron chi connectivity index (χ2n) is 3.54. The van der Waals surface area contributed by atoms with Crippen LogP contribution in [0.4, 0.5) is 5.69 Å². The number of thioether (sulfide) groups is 1. The first kappa shape index (κ1) is 14.2. The lowest BCUT2D eigenvalue weighted by Gasteiger charge is -2.18. The van der Waals surface area contributed by atoms with E-state index in [2.05, 4.69) is 0 Å². The highest BCUT2D eigenvalue weighted by Crippen LogP contribution is 2.28. The Balaban J connectivity index is 2.61. The SMILES string of the molecule is CCN(CC)C(=O)CSc1cc(Cl)ccc1N. The van der Waals surface area contributed by atoms with Crippen LogP contribution in [0.15, 0.2) is 23.1 Å². The van der Waals surface area contributed by atoms with Crippen molar-refractivity contribution in [2.45, 2.75) is 18.7 Å². The Labute approximate surface area is 111 Å². The van der Waals surface area contributed by atoms with Crippen molar-refractivity contribution in [1.29, 1.82) is 0 Å². The Morgan fingerprint density at radius 1 is 1.41 bits per heavy atom. The number of hydrogen-bond acceptors (Lipinski definition) is 3. The molecule has 1 amide bonds. The Kier molecular flexibility index (Phi) is 5.65. The summed E-state index contributed by atoms with van der Waals surface area (Å²) in [7, 11) is 0. The number of benzene rings is 1. The van der Waals surface area contributed by atoms with Gasteiger partial charge < -0.3 is 10.6 Å². The van der Waals surface area contributed by atoms with Crippen LogP contribution in [0, 0.1) is 0 Å². The first-order valence-electron chi connectivity index (χ1n) is 5.54. The molecule has 1 aromatic carbocycles. The standard InChI is InChI=1S/C12H17ClN2OS/c1-3-15(4-2)12(16)8-17-11-7-9(13)5-6-10(11)14/h5-7H,3-4,8,14H2,1-2H3. The third-order valence-electron chi connectivity index (χ3n) is 2.44. The summed E-state index contributed by atoms with van der Waals surface area (Å²) >= 11 is 7.31. The average Bonchev–Trinajstić information content (AvgIpc) is 2.32. The van der Waals surface area contributed by atoms with Crippen LogP contribution in [-0.2, 0) is 4.79 Å². The molecule has 5 heteroatoms. The normalized spacial score (nSPS) is 10.3. The first-order chi connectivity index (χ1) is 8.08. The number of carbonyl (C=O) groups is 1. The summed E-state index contributed by atoms with van der Waals surface area (Å²) in [6, 6.07) is 5.29. The van der Waals surface area contributed by atoms with Crippen molar-refractivity contribution in [3.63, 3.8) is 0 Å². The predicted molar refractivity (Wildman–Crippen MR) is 74.5 cm³/mol. The number of nitrogens with two attached hydrogens (primary N) is 1. The second kappa shape index (κ2) is 6.77. The minimum absolute atomic E-state index is 0.124. The number of nitrogens with zero attached hydrogens (tertiary/aromatic N) is 1. The highest BCUT2D eigenvalue weighted by atomic mass is 35.5. The van der Waals surface area contributed by atoms with Gasteiger partial charge in [-0.3, -0.25) is 4.79 Å². The van der Waals surface area contributed by atoms with E-state index in [0.29, 0.717) is 16.5 Å². The van der Waals surface area contributed by atoms with Crippen LogP contribution in [-0.4, -0.2) is 29.6 Å². The molecule has 0 unspecified atom stereocenters. The van der Waals surface area contributed by atoms with Crippen molar-refractivity contribution < 1.29 is 4.79 Å². The third-order valence-corrected chi connectivity index (χ3v) is 3.73. The summed E-state index contributed by atoms with van der Waals surface area (Å²) in [6.45, 7) is 5.42. The second-order valence-corrected chi connectivity index (χ2v) is 4.99. The van der Waals surface area contributed by atoms with Crippen molar-refractivity contribution in [3.8, 4) is 0 Å². The van der Waals surface area contributed by atoms with Crippen molar-refractivity contribution in [3.05, 3.63) is 23.2 Å². The van der Waals surface area contributed by atoms with Crippen molar-refractivity contribution in [1.82, 2.24) is 4.90 Å². The number of hydrogen-bond donors (Lipinski definition) is 1. The number of rotatable bonds is 5. The van der Waals surface area contributed by atoms with Crippen molar-refractivity contribution in [2.75, 3.05) is 24.6 Å². The molecule has 0 aliphatic rings. The van der Waals surface area contributed by atoms with E-state index in [1.807, 2.05) is 13.8 Å². The van der Waals surface area contributed by atoms with E-state index in [1.54, 1.807) is 23.1 Å². The van der Waals surface area contributed by atoms with E-state index in [0.717, 1.165) is 18.0 Å². The molecule has 17 heavy (non-hydrogen) atoms. The molecule has 0 spiro atoms. The van der Waals surface area contributed by atoms with Gasteiger partial charge in [-0.1, -0.05) is 11.6 Å². The van der Waals surface area contributed by atoms with Gasteiger partial charge in [-0.25, -0.2) is 0 Å². The van der Waals surface area contributed by atoms with E-state index in [4.69, 9.17) is 17.3 Å². The maximum Gasteiger partial charge on any atom is 0.232 e. The summed E-state index contributed by atoms with van der Waals surface area (Å²) in [4.78, 5) is 14.5. The van der Waals surface area contributed by atoms with Gasteiger partial charge in [0.1, 0.15) is 0 Å². The summed E-state index contributed by atoms with van der Waals surface area (Å²) in [5, 5.41) is 0.636. The summed E-state index contributed by atoms with van der Waals surface area (Å²) in [6.07, 6.45) is 0. The molecular formula is C12H17ClN2OS. The highest BCUT2D eigenvalue weighted by molar-refractivity contribution is 8.00. The molecule has 2 N–H and O–H groups in total. The lowest BCUT2D eigenvalue weighted by Crippen LogP contribution is -2.31. The Bertz CT molecular complexity index is 394. The van der Waals surface area contributed by atoms with Gasteiger partial charge in [0, 0.05) is 28.7 Å². The van der Waals surface area contributed by atoms with E-state index in [-0.39, 0.29) is 5.91 Å².